The van der Waals surface area contributed by atoms with Crippen molar-refractivity contribution in [1.29, 1.82) is 0 Å². The number of hydrogen-bond acceptors (Lipinski definition) is 3. The summed E-state index contributed by atoms with van der Waals surface area (Å²) < 4.78 is 5.21. The Balaban J connectivity index is 1.88. The Morgan fingerprint density at radius 1 is 1.21 bits per heavy atom. The van der Waals surface area contributed by atoms with Crippen molar-refractivity contribution in [2.75, 3.05) is 13.7 Å². The van der Waals surface area contributed by atoms with Gasteiger partial charge in [-0.05, 0) is 17.2 Å². The molecule has 0 unspecified atom stereocenters. The van der Waals surface area contributed by atoms with Gasteiger partial charge in [0.1, 0.15) is 0 Å². The van der Waals surface area contributed by atoms with Crippen molar-refractivity contribution in [3.63, 3.8) is 0 Å². The average molecular weight is 254 g/mol. The van der Waals surface area contributed by atoms with E-state index in [4.69, 9.17) is 4.74 Å². The van der Waals surface area contributed by atoms with Crippen LogP contribution in [0.1, 0.15) is 11.1 Å². The van der Waals surface area contributed by atoms with Gasteiger partial charge < -0.3 is 10.1 Å². The fourth-order valence-electron chi connectivity index (χ4n) is 1.87. The average Bonchev–Trinajstić information content (AvgIpc) is 2.48. The lowest BCUT2D eigenvalue weighted by Gasteiger charge is -2.10. The van der Waals surface area contributed by atoms with Crippen LogP contribution in [0.25, 0.3) is 5.57 Å². The summed E-state index contributed by atoms with van der Waals surface area (Å²) in [5.41, 5.74) is 3.28. The van der Waals surface area contributed by atoms with Crippen molar-refractivity contribution >= 4 is 5.57 Å². The Hall–Kier alpha value is -2.13. The van der Waals surface area contributed by atoms with E-state index in [-0.39, 0.29) is 0 Å². The van der Waals surface area contributed by atoms with Gasteiger partial charge in [0, 0.05) is 24.8 Å². The number of aromatic nitrogens is 1. The molecule has 0 atom stereocenters. The SMILES string of the molecule is C=C(CNCc1cccnc1OC)c1ccccc1. The summed E-state index contributed by atoms with van der Waals surface area (Å²) in [5, 5.41) is 3.36. The summed E-state index contributed by atoms with van der Waals surface area (Å²) in [6.45, 7) is 5.54. The fraction of sp³-hybridized carbons (Fsp3) is 0.188. The van der Waals surface area contributed by atoms with Crippen molar-refractivity contribution in [2.45, 2.75) is 6.54 Å². The Bertz CT molecular complexity index is 537. The number of pyridine rings is 1. The summed E-state index contributed by atoms with van der Waals surface area (Å²) in [7, 11) is 1.63. The third-order valence-electron chi connectivity index (χ3n) is 2.88. The topological polar surface area (TPSA) is 34.2 Å². The zero-order valence-corrected chi connectivity index (χ0v) is 11.1. The van der Waals surface area contributed by atoms with E-state index >= 15 is 0 Å². The molecular formula is C16H18N2O. The van der Waals surface area contributed by atoms with Crippen LogP contribution in [0.3, 0.4) is 0 Å². The van der Waals surface area contributed by atoms with Crippen molar-refractivity contribution in [3.8, 4) is 5.88 Å². The lowest BCUT2D eigenvalue weighted by Crippen LogP contribution is -2.16. The predicted octanol–water partition coefficient (Wildman–Crippen LogP) is 2.89. The van der Waals surface area contributed by atoms with E-state index in [1.165, 1.54) is 0 Å². The number of methoxy groups -OCH3 is 1. The monoisotopic (exact) mass is 254 g/mol. The van der Waals surface area contributed by atoms with Crippen molar-refractivity contribution in [1.82, 2.24) is 10.3 Å². The van der Waals surface area contributed by atoms with E-state index in [9.17, 15) is 0 Å². The minimum atomic E-state index is 0.667. The summed E-state index contributed by atoms with van der Waals surface area (Å²) in [6.07, 6.45) is 1.73. The fourth-order valence-corrected chi connectivity index (χ4v) is 1.87. The number of rotatable bonds is 6. The normalized spacial score (nSPS) is 10.2. The molecule has 0 amide bonds. The maximum absolute atomic E-state index is 5.21. The Morgan fingerprint density at radius 3 is 2.74 bits per heavy atom. The second-order valence-electron chi connectivity index (χ2n) is 4.24. The zero-order chi connectivity index (χ0) is 13.5. The first kappa shape index (κ1) is 13.3. The third-order valence-corrected chi connectivity index (χ3v) is 2.88. The Labute approximate surface area is 114 Å². The highest BCUT2D eigenvalue weighted by molar-refractivity contribution is 5.64. The van der Waals surface area contributed by atoms with Gasteiger partial charge in [0.25, 0.3) is 0 Å². The first-order valence-corrected chi connectivity index (χ1v) is 6.23. The van der Waals surface area contributed by atoms with E-state index in [0.29, 0.717) is 12.4 Å². The number of nitrogens with one attached hydrogen (secondary N) is 1. The maximum atomic E-state index is 5.21. The molecule has 2 aromatic rings. The third kappa shape index (κ3) is 3.66. The molecule has 0 bridgehead atoms. The van der Waals surface area contributed by atoms with Crippen LogP contribution in [0.2, 0.25) is 0 Å². The molecule has 0 saturated heterocycles. The summed E-state index contributed by atoms with van der Waals surface area (Å²) in [4.78, 5) is 4.17. The standard InChI is InChI=1S/C16H18N2O/c1-13(14-7-4-3-5-8-14)11-17-12-15-9-6-10-18-16(15)19-2/h3-10,17H,1,11-12H2,2H3. The van der Waals surface area contributed by atoms with Crippen LogP contribution in [0.4, 0.5) is 0 Å². The highest BCUT2D eigenvalue weighted by Crippen LogP contribution is 2.14. The summed E-state index contributed by atoms with van der Waals surface area (Å²) in [5.74, 6) is 0.667. The number of ether oxygens (including phenoxy) is 1. The second kappa shape index (κ2) is 6.71. The molecule has 1 aromatic carbocycles. The molecule has 0 saturated carbocycles. The van der Waals surface area contributed by atoms with Gasteiger partial charge in [-0.1, -0.05) is 43.0 Å². The van der Waals surface area contributed by atoms with Crippen molar-refractivity contribution < 1.29 is 4.74 Å². The molecule has 0 fully saturated rings. The second-order valence-corrected chi connectivity index (χ2v) is 4.24. The van der Waals surface area contributed by atoms with Crippen LogP contribution in [-0.4, -0.2) is 18.6 Å². The van der Waals surface area contributed by atoms with Crippen LogP contribution < -0.4 is 10.1 Å². The van der Waals surface area contributed by atoms with Gasteiger partial charge >= 0.3 is 0 Å². The first-order chi connectivity index (χ1) is 9.31. The van der Waals surface area contributed by atoms with Gasteiger partial charge in [0.2, 0.25) is 5.88 Å². The zero-order valence-electron chi connectivity index (χ0n) is 11.1. The van der Waals surface area contributed by atoms with E-state index in [1.54, 1.807) is 13.3 Å². The Morgan fingerprint density at radius 2 is 2.00 bits per heavy atom. The van der Waals surface area contributed by atoms with Gasteiger partial charge in [0.05, 0.1) is 7.11 Å². The predicted molar refractivity (Wildman–Crippen MR) is 78.0 cm³/mol. The molecule has 3 nitrogen and oxygen atoms in total. The minimum Gasteiger partial charge on any atom is -0.481 e. The van der Waals surface area contributed by atoms with Crippen LogP contribution in [0, 0.1) is 0 Å². The molecule has 2 rings (SSSR count). The molecule has 98 valence electrons. The van der Waals surface area contributed by atoms with Gasteiger partial charge in [-0.3, -0.25) is 0 Å². The quantitative estimate of drug-likeness (QED) is 0.860. The van der Waals surface area contributed by atoms with Crippen LogP contribution in [0.5, 0.6) is 5.88 Å². The van der Waals surface area contributed by atoms with Gasteiger partial charge in [-0.15, -0.1) is 0 Å². The lowest BCUT2D eigenvalue weighted by molar-refractivity contribution is 0.391. The number of benzene rings is 1. The maximum Gasteiger partial charge on any atom is 0.217 e. The van der Waals surface area contributed by atoms with Crippen LogP contribution >= 0.6 is 0 Å². The first-order valence-electron chi connectivity index (χ1n) is 6.23. The largest absolute Gasteiger partial charge is 0.481 e. The molecule has 0 aliphatic rings. The molecule has 0 spiro atoms. The van der Waals surface area contributed by atoms with E-state index in [0.717, 1.165) is 23.2 Å². The van der Waals surface area contributed by atoms with Crippen molar-refractivity contribution in [3.05, 3.63) is 66.4 Å². The molecule has 0 aliphatic heterocycles. The molecule has 1 N–H and O–H groups in total. The molecule has 3 heteroatoms. The highest BCUT2D eigenvalue weighted by atomic mass is 16.5. The number of hydrogen-bond donors (Lipinski definition) is 1. The smallest absolute Gasteiger partial charge is 0.217 e. The lowest BCUT2D eigenvalue weighted by atomic mass is 10.1. The number of nitrogens with zero attached hydrogens (tertiary/aromatic N) is 1. The molecule has 0 aliphatic carbocycles. The van der Waals surface area contributed by atoms with Gasteiger partial charge in [0.15, 0.2) is 0 Å². The van der Waals surface area contributed by atoms with Crippen LogP contribution in [0.15, 0.2) is 55.2 Å². The van der Waals surface area contributed by atoms with E-state index in [2.05, 4.69) is 29.0 Å². The van der Waals surface area contributed by atoms with Crippen molar-refractivity contribution in [2.24, 2.45) is 0 Å². The highest BCUT2D eigenvalue weighted by Gasteiger charge is 2.03. The molecular weight excluding hydrogens is 236 g/mol. The minimum absolute atomic E-state index is 0.667. The van der Waals surface area contributed by atoms with Crippen LogP contribution in [-0.2, 0) is 6.54 Å². The molecule has 19 heavy (non-hydrogen) atoms. The summed E-state index contributed by atoms with van der Waals surface area (Å²) >= 11 is 0. The Kier molecular flexibility index (Phi) is 4.70. The van der Waals surface area contributed by atoms with E-state index < -0.39 is 0 Å². The molecule has 0 radical (unpaired) electrons. The summed E-state index contributed by atoms with van der Waals surface area (Å²) in [6, 6.07) is 14.1. The molecule has 1 heterocycles. The molecule has 1 aromatic heterocycles. The van der Waals surface area contributed by atoms with E-state index in [1.807, 2.05) is 30.3 Å². The van der Waals surface area contributed by atoms with Gasteiger partial charge in [-0.2, -0.15) is 0 Å². The van der Waals surface area contributed by atoms with Gasteiger partial charge in [-0.25, -0.2) is 4.98 Å².